The van der Waals surface area contributed by atoms with E-state index in [4.69, 9.17) is 14.5 Å². The molecule has 0 saturated carbocycles. The van der Waals surface area contributed by atoms with E-state index in [9.17, 15) is 19.9 Å². The predicted molar refractivity (Wildman–Crippen MR) is 114 cm³/mol. The number of aliphatic hydroxyl groups is 2. The number of anilines is 1. The number of rotatable bonds is 7. The number of aromatic nitrogens is 4. The minimum absolute atomic E-state index is 0.253. The maximum atomic E-state index is 10.9. The molecule has 2 aromatic heterocycles. The summed E-state index contributed by atoms with van der Waals surface area (Å²) in [5.41, 5.74) is 3.15. The fourth-order valence-electron chi connectivity index (χ4n) is 3.77. The number of phosphoric acid groups is 1. The Hall–Kier alpha value is -2.64. The third-order valence-electron chi connectivity index (χ3n) is 5.39. The summed E-state index contributed by atoms with van der Waals surface area (Å²) in [4.78, 5) is 30.5. The van der Waals surface area contributed by atoms with Gasteiger partial charge in [0.25, 0.3) is 0 Å². The van der Waals surface area contributed by atoms with Gasteiger partial charge in [0.2, 0.25) is 0 Å². The van der Waals surface area contributed by atoms with Crippen LogP contribution in [0.2, 0.25) is 0 Å². The normalized spacial score (nSPS) is 23.3. The number of ether oxygens (including phenoxy) is 1. The third kappa shape index (κ3) is 4.84. The zero-order valence-corrected chi connectivity index (χ0v) is 18.6. The highest BCUT2D eigenvalue weighted by molar-refractivity contribution is 7.46. The fraction of sp³-hybridized carbons (Fsp3) is 0.421. The smallest absolute Gasteiger partial charge is 0.469 e. The van der Waals surface area contributed by atoms with Crippen LogP contribution in [0, 0.1) is 13.8 Å². The standard InChI is InChI=1S/C19H24N5O8P/c1-9-3-11(4-10(2)14(9)25)5-20-17-13-18(22-7-21-17)24(8-23-13)19-16(27)15(26)12(32-19)6-31-33(28,29)30/h3-4,7-8,12,15-16,19,25-27H,5-6H2,1-2H3,(H,20,21,22)(H2,28,29,30)/t12-,15-,16-,19-/m1/s1. The lowest BCUT2D eigenvalue weighted by Gasteiger charge is -2.16. The van der Waals surface area contributed by atoms with E-state index in [1.807, 2.05) is 26.0 Å². The molecule has 0 unspecified atom stereocenters. The van der Waals surface area contributed by atoms with Gasteiger partial charge >= 0.3 is 7.82 Å². The molecule has 0 radical (unpaired) electrons. The van der Waals surface area contributed by atoms with Crippen molar-refractivity contribution in [3.05, 3.63) is 41.5 Å². The summed E-state index contributed by atoms with van der Waals surface area (Å²) >= 11 is 0. The summed E-state index contributed by atoms with van der Waals surface area (Å²) in [5, 5.41) is 33.8. The third-order valence-corrected chi connectivity index (χ3v) is 5.87. The summed E-state index contributed by atoms with van der Waals surface area (Å²) in [6.07, 6.45) is -2.47. The highest BCUT2D eigenvalue weighted by Crippen LogP contribution is 2.39. The molecule has 3 heterocycles. The summed E-state index contributed by atoms with van der Waals surface area (Å²) in [6, 6.07) is 3.71. The van der Waals surface area contributed by atoms with Gasteiger partial charge in [0.15, 0.2) is 23.2 Å². The average molecular weight is 481 g/mol. The number of benzene rings is 1. The summed E-state index contributed by atoms with van der Waals surface area (Å²) in [5.74, 6) is 0.681. The van der Waals surface area contributed by atoms with Gasteiger partial charge in [-0.3, -0.25) is 9.09 Å². The topological polar surface area (TPSA) is 192 Å². The Bertz CT molecular complexity index is 1190. The summed E-state index contributed by atoms with van der Waals surface area (Å²) in [6.45, 7) is 3.43. The molecule has 13 nitrogen and oxygen atoms in total. The van der Waals surface area contributed by atoms with E-state index < -0.39 is 39.0 Å². The molecule has 1 fully saturated rings. The number of aliphatic hydroxyl groups excluding tert-OH is 2. The molecule has 0 amide bonds. The Kier molecular flexibility index (Phi) is 6.38. The lowest BCUT2D eigenvalue weighted by molar-refractivity contribution is -0.0504. The van der Waals surface area contributed by atoms with Crippen molar-refractivity contribution in [2.75, 3.05) is 11.9 Å². The van der Waals surface area contributed by atoms with Crippen molar-refractivity contribution in [2.45, 2.75) is 44.9 Å². The van der Waals surface area contributed by atoms with Gasteiger partial charge in [0, 0.05) is 6.54 Å². The maximum absolute atomic E-state index is 10.9. The van der Waals surface area contributed by atoms with Crippen molar-refractivity contribution in [1.82, 2.24) is 19.5 Å². The number of fused-ring (bicyclic) bond motifs is 1. The van der Waals surface area contributed by atoms with Crippen LogP contribution in [-0.4, -0.2) is 69.5 Å². The number of hydrogen-bond donors (Lipinski definition) is 6. The first-order valence-electron chi connectivity index (χ1n) is 9.97. The molecule has 1 saturated heterocycles. The Morgan fingerprint density at radius 3 is 2.52 bits per heavy atom. The van der Waals surface area contributed by atoms with Crippen LogP contribution < -0.4 is 5.32 Å². The quantitative estimate of drug-likeness (QED) is 0.256. The minimum atomic E-state index is -4.77. The van der Waals surface area contributed by atoms with Crippen LogP contribution >= 0.6 is 7.82 Å². The van der Waals surface area contributed by atoms with Crippen molar-refractivity contribution in [2.24, 2.45) is 0 Å². The van der Waals surface area contributed by atoms with Crippen molar-refractivity contribution in [3.8, 4) is 5.75 Å². The molecule has 1 aromatic carbocycles. The maximum Gasteiger partial charge on any atom is 0.469 e. The highest BCUT2D eigenvalue weighted by Gasteiger charge is 2.45. The second-order valence-electron chi connectivity index (χ2n) is 7.81. The highest BCUT2D eigenvalue weighted by atomic mass is 31.2. The van der Waals surface area contributed by atoms with E-state index in [0.717, 1.165) is 16.7 Å². The second kappa shape index (κ2) is 8.95. The van der Waals surface area contributed by atoms with E-state index in [2.05, 4.69) is 24.8 Å². The van der Waals surface area contributed by atoms with Gasteiger partial charge in [-0.05, 0) is 30.5 Å². The molecule has 0 spiro atoms. The number of phosphoric ester groups is 1. The summed E-state index contributed by atoms with van der Waals surface area (Å²) < 4.78 is 22.3. The molecule has 14 heteroatoms. The first-order valence-corrected chi connectivity index (χ1v) is 11.5. The van der Waals surface area contributed by atoms with Crippen molar-refractivity contribution in [3.63, 3.8) is 0 Å². The molecular formula is C19H24N5O8P. The first kappa shape index (κ1) is 23.5. The molecule has 6 N–H and O–H groups in total. The molecule has 1 aliphatic heterocycles. The van der Waals surface area contributed by atoms with Gasteiger partial charge < -0.3 is 35.2 Å². The predicted octanol–water partition coefficient (Wildman–Crippen LogP) is 0.489. The number of nitrogens with one attached hydrogen (secondary N) is 1. The van der Waals surface area contributed by atoms with Gasteiger partial charge in [-0.15, -0.1) is 0 Å². The Morgan fingerprint density at radius 2 is 1.85 bits per heavy atom. The van der Waals surface area contributed by atoms with Gasteiger partial charge in [-0.2, -0.15) is 0 Å². The lowest BCUT2D eigenvalue weighted by Crippen LogP contribution is -2.33. The second-order valence-corrected chi connectivity index (χ2v) is 9.05. The molecule has 178 valence electrons. The molecule has 0 aliphatic carbocycles. The minimum Gasteiger partial charge on any atom is -0.507 e. The van der Waals surface area contributed by atoms with Crippen LogP contribution in [0.1, 0.15) is 22.9 Å². The number of phenols is 1. The largest absolute Gasteiger partial charge is 0.507 e. The molecule has 0 bridgehead atoms. The fourth-order valence-corrected chi connectivity index (χ4v) is 4.11. The monoisotopic (exact) mass is 481 g/mol. The van der Waals surface area contributed by atoms with Crippen molar-refractivity contribution >= 4 is 24.8 Å². The molecular weight excluding hydrogens is 457 g/mol. The van der Waals surface area contributed by atoms with Crippen molar-refractivity contribution in [1.29, 1.82) is 0 Å². The number of imidazole rings is 1. The van der Waals surface area contributed by atoms with E-state index in [0.29, 0.717) is 23.5 Å². The van der Waals surface area contributed by atoms with E-state index >= 15 is 0 Å². The van der Waals surface area contributed by atoms with E-state index in [1.54, 1.807) is 0 Å². The number of nitrogens with zero attached hydrogens (tertiary/aromatic N) is 4. The van der Waals surface area contributed by atoms with E-state index in [1.165, 1.54) is 17.2 Å². The zero-order valence-electron chi connectivity index (χ0n) is 17.7. The van der Waals surface area contributed by atoms with Crippen LogP contribution in [0.5, 0.6) is 5.75 Å². The van der Waals surface area contributed by atoms with Crippen LogP contribution in [0.15, 0.2) is 24.8 Å². The number of hydrogen-bond acceptors (Lipinski definition) is 10. The van der Waals surface area contributed by atoms with Gasteiger partial charge in [0.05, 0.1) is 12.9 Å². The van der Waals surface area contributed by atoms with Gasteiger partial charge in [-0.25, -0.2) is 19.5 Å². The first-order chi connectivity index (χ1) is 15.5. The average Bonchev–Trinajstić information content (AvgIpc) is 3.30. The number of phenolic OH excluding ortho intramolecular Hbond substituents is 1. The molecule has 3 aromatic rings. The van der Waals surface area contributed by atoms with Crippen LogP contribution in [0.4, 0.5) is 5.82 Å². The molecule has 33 heavy (non-hydrogen) atoms. The Balaban J connectivity index is 1.54. The molecule has 4 rings (SSSR count). The van der Waals surface area contributed by atoms with Crippen LogP contribution in [0.25, 0.3) is 11.2 Å². The van der Waals surface area contributed by atoms with Crippen LogP contribution in [-0.2, 0) is 20.4 Å². The van der Waals surface area contributed by atoms with Gasteiger partial charge in [0.1, 0.15) is 30.4 Å². The van der Waals surface area contributed by atoms with Crippen molar-refractivity contribution < 1.29 is 38.9 Å². The van der Waals surface area contributed by atoms with Crippen LogP contribution in [0.3, 0.4) is 0 Å². The number of aryl methyl sites for hydroxylation is 2. The Morgan fingerprint density at radius 1 is 1.15 bits per heavy atom. The summed E-state index contributed by atoms with van der Waals surface area (Å²) in [7, 11) is -4.77. The zero-order chi connectivity index (χ0) is 23.9. The lowest BCUT2D eigenvalue weighted by atomic mass is 10.1. The Labute approximate surface area is 187 Å². The number of aromatic hydroxyl groups is 1. The SMILES string of the molecule is Cc1cc(CNc2ncnc3c2ncn3[C@@H]2O[C@H](COP(=O)(O)O)[C@@H](O)[C@H]2O)cc(C)c1O. The molecule has 1 aliphatic rings. The molecule has 4 atom stereocenters. The van der Waals surface area contributed by atoms with E-state index in [-0.39, 0.29) is 5.75 Å². The van der Waals surface area contributed by atoms with Gasteiger partial charge in [-0.1, -0.05) is 12.1 Å².